The van der Waals surface area contributed by atoms with Crippen LogP contribution in [0.15, 0.2) is 0 Å². The van der Waals surface area contributed by atoms with Gasteiger partial charge in [0, 0.05) is 12.4 Å². The highest BCUT2D eigenvalue weighted by molar-refractivity contribution is 7.89. The van der Waals surface area contributed by atoms with Gasteiger partial charge in [-0.25, -0.2) is 13.1 Å². The summed E-state index contributed by atoms with van der Waals surface area (Å²) in [7, 11) is -3.14. The number of alkyl halides is 1. The smallest absolute Gasteiger partial charge is 0.211 e. The molecule has 0 aromatic carbocycles. The van der Waals surface area contributed by atoms with Crippen LogP contribution in [0.3, 0.4) is 0 Å². The topological polar surface area (TPSA) is 46.2 Å². The molecule has 0 aliphatic heterocycles. The third-order valence-electron chi connectivity index (χ3n) is 2.86. The van der Waals surface area contributed by atoms with Gasteiger partial charge in [0.1, 0.15) is 0 Å². The molecule has 0 atom stereocenters. The molecule has 15 heavy (non-hydrogen) atoms. The third kappa shape index (κ3) is 6.38. The molecule has 0 rings (SSSR count). The van der Waals surface area contributed by atoms with Crippen molar-refractivity contribution in [3.63, 3.8) is 0 Å². The molecule has 92 valence electrons. The lowest BCUT2D eigenvalue weighted by atomic mass is 9.81. The van der Waals surface area contributed by atoms with E-state index in [4.69, 9.17) is 11.6 Å². The fourth-order valence-corrected chi connectivity index (χ4v) is 2.37. The SMILES string of the molecule is CC(C)C(C)(C)CNS(=O)(=O)CCCCl. The average molecular weight is 256 g/mol. The average Bonchev–Trinajstić information content (AvgIpc) is 2.12. The van der Waals surface area contributed by atoms with Crippen molar-refractivity contribution in [3.8, 4) is 0 Å². The Kier molecular flexibility index (Phi) is 6.14. The Bertz CT molecular complexity index is 273. The van der Waals surface area contributed by atoms with Crippen LogP contribution in [-0.2, 0) is 10.0 Å². The fourth-order valence-electron chi connectivity index (χ4n) is 0.817. The van der Waals surface area contributed by atoms with E-state index in [9.17, 15) is 8.42 Å². The van der Waals surface area contributed by atoms with Gasteiger partial charge in [0.2, 0.25) is 10.0 Å². The maximum absolute atomic E-state index is 11.5. The van der Waals surface area contributed by atoms with E-state index >= 15 is 0 Å². The zero-order valence-corrected chi connectivity index (χ0v) is 11.6. The highest BCUT2D eigenvalue weighted by atomic mass is 35.5. The van der Waals surface area contributed by atoms with Gasteiger partial charge in [0.15, 0.2) is 0 Å². The van der Waals surface area contributed by atoms with Crippen molar-refractivity contribution >= 4 is 21.6 Å². The van der Waals surface area contributed by atoms with Crippen LogP contribution in [0.2, 0.25) is 0 Å². The first-order valence-corrected chi connectivity index (χ1v) is 7.43. The van der Waals surface area contributed by atoms with E-state index in [1.165, 1.54) is 0 Å². The summed E-state index contributed by atoms with van der Waals surface area (Å²) in [5.41, 5.74) is -0.0198. The summed E-state index contributed by atoms with van der Waals surface area (Å²) in [6.45, 7) is 8.78. The Balaban J connectivity index is 4.15. The van der Waals surface area contributed by atoms with Gasteiger partial charge in [0.05, 0.1) is 5.75 Å². The minimum atomic E-state index is -3.14. The fraction of sp³-hybridized carbons (Fsp3) is 1.00. The van der Waals surface area contributed by atoms with Crippen LogP contribution >= 0.6 is 11.6 Å². The molecule has 0 fully saturated rings. The molecule has 5 heteroatoms. The van der Waals surface area contributed by atoms with Gasteiger partial charge in [0.25, 0.3) is 0 Å². The minimum Gasteiger partial charge on any atom is -0.215 e. The van der Waals surface area contributed by atoms with Gasteiger partial charge in [-0.1, -0.05) is 27.7 Å². The van der Waals surface area contributed by atoms with Gasteiger partial charge < -0.3 is 0 Å². The molecule has 0 saturated heterocycles. The molecule has 1 N–H and O–H groups in total. The molecule has 0 aromatic heterocycles. The molecule has 0 saturated carbocycles. The number of hydrogen-bond donors (Lipinski definition) is 1. The number of rotatable bonds is 7. The highest BCUT2D eigenvalue weighted by Gasteiger charge is 2.24. The van der Waals surface area contributed by atoms with E-state index in [2.05, 4.69) is 32.4 Å². The standard InChI is InChI=1S/C10H22ClNO2S/c1-9(2)10(3,4)8-12-15(13,14)7-5-6-11/h9,12H,5-8H2,1-4H3. The molecular formula is C10H22ClNO2S. The Labute approximate surface area is 98.6 Å². The number of halogens is 1. The first-order valence-electron chi connectivity index (χ1n) is 5.24. The Morgan fingerprint density at radius 3 is 2.27 bits per heavy atom. The Morgan fingerprint density at radius 1 is 1.33 bits per heavy atom. The number of nitrogens with one attached hydrogen (secondary N) is 1. The maximum Gasteiger partial charge on any atom is 0.211 e. The van der Waals surface area contributed by atoms with Gasteiger partial charge in [-0.15, -0.1) is 11.6 Å². The molecular weight excluding hydrogens is 234 g/mol. The first kappa shape index (κ1) is 15.2. The second-order valence-corrected chi connectivity index (χ2v) is 7.13. The van der Waals surface area contributed by atoms with Crippen LogP contribution in [0.25, 0.3) is 0 Å². The minimum absolute atomic E-state index is 0.0198. The monoisotopic (exact) mass is 255 g/mol. The lowest BCUT2D eigenvalue weighted by Crippen LogP contribution is -2.38. The predicted molar refractivity (Wildman–Crippen MR) is 65.7 cm³/mol. The molecule has 0 aromatic rings. The van der Waals surface area contributed by atoms with Crippen LogP contribution in [0, 0.1) is 11.3 Å². The molecule has 0 unspecified atom stereocenters. The number of sulfonamides is 1. The Hall–Kier alpha value is 0.200. The molecule has 0 spiro atoms. The molecule has 0 aliphatic carbocycles. The van der Waals surface area contributed by atoms with Crippen molar-refractivity contribution in [2.24, 2.45) is 11.3 Å². The maximum atomic E-state index is 11.5. The summed E-state index contributed by atoms with van der Waals surface area (Å²) in [6, 6.07) is 0. The molecule has 0 aliphatic rings. The van der Waals surface area contributed by atoms with Crippen LogP contribution in [0.4, 0.5) is 0 Å². The lowest BCUT2D eigenvalue weighted by Gasteiger charge is -2.29. The summed E-state index contributed by atoms with van der Waals surface area (Å²) < 4.78 is 25.6. The van der Waals surface area contributed by atoms with Crippen molar-refractivity contribution in [2.75, 3.05) is 18.2 Å². The van der Waals surface area contributed by atoms with Crippen LogP contribution < -0.4 is 4.72 Å². The number of hydrogen-bond acceptors (Lipinski definition) is 2. The van der Waals surface area contributed by atoms with E-state index in [-0.39, 0.29) is 11.2 Å². The van der Waals surface area contributed by atoms with E-state index in [1.807, 2.05) is 0 Å². The van der Waals surface area contributed by atoms with Crippen molar-refractivity contribution in [2.45, 2.75) is 34.1 Å². The second kappa shape index (κ2) is 6.06. The first-order chi connectivity index (χ1) is 6.71. The van der Waals surface area contributed by atoms with Gasteiger partial charge in [-0.3, -0.25) is 0 Å². The van der Waals surface area contributed by atoms with E-state index < -0.39 is 10.0 Å². The van der Waals surface area contributed by atoms with Crippen LogP contribution in [0.5, 0.6) is 0 Å². The van der Waals surface area contributed by atoms with Crippen LogP contribution in [0.1, 0.15) is 34.1 Å². The highest BCUT2D eigenvalue weighted by Crippen LogP contribution is 2.24. The van der Waals surface area contributed by atoms with Gasteiger partial charge in [-0.05, 0) is 17.8 Å². The van der Waals surface area contributed by atoms with E-state index in [0.29, 0.717) is 24.8 Å². The summed E-state index contributed by atoms with van der Waals surface area (Å²) >= 11 is 5.46. The zero-order chi connectivity index (χ0) is 12.1. The lowest BCUT2D eigenvalue weighted by molar-refractivity contribution is 0.252. The molecule has 0 amide bonds. The summed E-state index contributed by atoms with van der Waals surface area (Å²) in [5, 5.41) is 0. The molecule has 0 heterocycles. The van der Waals surface area contributed by atoms with Crippen molar-refractivity contribution in [1.82, 2.24) is 4.72 Å². The van der Waals surface area contributed by atoms with Crippen molar-refractivity contribution in [1.29, 1.82) is 0 Å². The molecule has 0 radical (unpaired) electrons. The zero-order valence-electron chi connectivity index (χ0n) is 10.0. The quantitative estimate of drug-likeness (QED) is 0.709. The van der Waals surface area contributed by atoms with E-state index in [1.54, 1.807) is 0 Å². The molecule has 0 bridgehead atoms. The predicted octanol–water partition coefficient (Wildman–Crippen LogP) is 2.22. The van der Waals surface area contributed by atoms with Gasteiger partial charge >= 0.3 is 0 Å². The third-order valence-corrected chi connectivity index (χ3v) is 4.53. The van der Waals surface area contributed by atoms with Gasteiger partial charge in [-0.2, -0.15) is 0 Å². The van der Waals surface area contributed by atoms with Crippen molar-refractivity contribution < 1.29 is 8.42 Å². The van der Waals surface area contributed by atoms with E-state index in [0.717, 1.165) is 0 Å². The van der Waals surface area contributed by atoms with Crippen molar-refractivity contribution in [3.05, 3.63) is 0 Å². The summed E-state index contributed by atoms with van der Waals surface area (Å²) in [6.07, 6.45) is 0.499. The summed E-state index contributed by atoms with van der Waals surface area (Å²) in [4.78, 5) is 0. The largest absolute Gasteiger partial charge is 0.215 e. The molecule has 3 nitrogen and oxygen atoms in total. The van der Waals surface area contributed by atoms with Crippen LogP contribution in [-0.4, -0.2) is 26.6 Å². The Morgan fingerprint density at radius 2 is 1.87 bits per heavy atom. The second-order valence-electron chi connectivity index (χ2n) is 4.83. The normalized spacial score (nSPS) is 13.5. The summed E-state index contributed by atoms with van der Waals surface area (Å²) in [5.74, 6) is 0.937.